The van der Waals surface area contributed by atoms with E-state index in [1.807, 2.05) is 13.8 Å². The average molecular weight is 413 g/mol. The summed E-state index contributed by atoms with van der Waals surface area (Å²) in [7, 11) is -0.782. The molecule has 0 saturated carbocycles. The van der Waals surface area contributed by atoms with Crippen LogP contribution in [0.5, 0.6) is 0 Å². The number of rotatable bonds is 4. The Morgan fingerprint density at radius 1 is 1.21 bits per heavy atom. The number of nitrogens with zero attached hydrogens (tertiary/aromatic N) is 2. The SMILES string of the molecule is COC(=O)[C@@H]1C[C@@H](O[Si](C)(C)C(C)(C)C)[C@H]2CN(C(C)=O)[C@H](C(C)C)C(=O)N21. The summed E-state index contributed by atoms with van der Waals surface area (Å²) in [5, 5.41) is 0.000584. The first-order valence-electron chi connectivity index (χ1n) is 10.1. The van der Waals surface area contributed by atoms with E-state index < -0.39 is 26.4 Å². The zero-order chi connectivity index (χ0) is 21.6. The molecule has 2 saturated heterocycles. The molecule has 2 amide bonds. The van der Waals surface area contributed by atoms with Gasteiger partial charge >= 0.3 is 5.97 Å². The molecule has 0 unspecified atom stereocenters. The summed E-state index contributed by atoms with van der Waals surface area (Å²) in [4.78, 5) is 41.5. The first-order valence-corrected chi connectivity index (χ1v) is 13.0. The third-order valence-electron chi connectivity index (χ3n) is 6.57. The van der Waals surface area contributed by atoms with Gasteiger partial charge in [-0.25, -0.2) is 4.79 Å². The summed E-state index contributed by atoms with van der Waals surface area (Å²) in [6.45, 7) is 16.5. The van der Waals surface area contributed by atoms with Crippen LogP contribution in [-0.4, -0.2) is 73.8 Å². The summed E-state index contributed by atoms with van der Waals surface area (Å²) >= 11 is 0. The molecule has 0 aliphatic carbocycles. The van der Waals surface area contributed by atoms with Gasteiger partial charge in [0, 0.05) is 19.9 Å². The maximum atomic E-state index is 13.4. The van der Waals surface area contributed by atoms with Crippen molar-refractivity contribution < 1.29 is 23.5 Å². The van der Waals surface area contributed by atoms with Crippen LogP contribution in [-0.2, 0) is 23.5 Å². The van der Waals surface area contributed by atoms with Gasteiger partial charge in [0.1, 0.15) is 12.1 Å². The molecule has 0 bridgehead atoms. The number of carbonyl (C=O) groups excluding carboxylic acids is 3. The Labute approximate surface area is 169 Å². The smallest absolute Gasteiger partial charge is 0.328 e. The highest BCUT2D eigenvalue weighted by atomic mass is 28.4. The molecule has 0 radical (unpaired) electrons. The molecule has 2 fully saturated rings. The number of hydrogen-bond donors (Lipinski definition) is 0. The maximum Gasteiger partial charge on any atom is 0.328 e. The monoisotopic (exact) mass is 412 g/mol. The predicted molar refractivity (Wildman–Crippen MR) is 109 cm³/mol. The van der Waals surface area contributed by atoms with E-state index in [2.05, 4.69) is 33.9 Å². The minimum Gasteiger partial charge on any atom is -0.467 e. The van der Waals surface area contributed by atoms with Crippen molar-refractivity contribution in [2.75, 3.05) is 13.7 Å². The lowest BCUT2D eigenvalue weighted by Gasteiger charge is -2.47. The van der Waals surface area contributed by atoms with Crippen molar-refractivity contribution in [1.82, 2.24) is 9.80 Å². The molecule has 2 aliphatic rings. The second-order valence-corrected chi connectivity index (χ2v) is 14.6. The normalized spacial score (nSPS) is 28.6. The second-order valence-electron chi connectivity index (χ2n) is 9.86. The van der Waals surface area contributed by atoms with Gasteiger partial charge in [0.2, 0.25) is 11.8 Å². The summed E-state index contributed by atoms with van der Waals surface area (Å²) < 4.78 is 11.6. The summed E-state index contributed by atoms with van der Waals surface area (Å²) in [6, 6.07) is -1.55. The van der Waals surface area contributed by atoms with Crippen LogP contribution in [0.25, 0.3) is 0 Å². The highest BCUT2D eigenvalue weighted by molar-refractivity contribution is 6.74. The van der Waals surface area contributed by atoms with Crippen LogP contribution < -0.4 is 0 Å². The van der Waals surface area contributed by atoms with Gasteiger partial charge in [-0.05, 0) is 24.1 Å². The largest absolute Gasteiger partial charge is 0.467 e. The topological polar surface area (TPSA) is 76.1 Å². The van der Waals surface area contributed by atoms with Gasteiger partial charge in [-0.2, -0.15) is 0 Å². The van der Waals surface area contributed by atoms with Gasteiger partial charge in [-0.3, -0.25) is 9.59 Å². The molecule has 8 heteroatoms. The number of amides is 2. The van der Waals surface area contributed by atoms with Crippen molar-refractivity contribution in [2.24, 2.45) is 5.92 Å². The Balaban J connectivity index is 2.43. The number of hydrogen-bond acceptors (Lipinski definition) is 5. The number of methoxy groups -OCH3 is 1. The Morgan fingerprint density at radius 3 is 2.21 bits per heavy atom. The van der Waals surface area contributed by atoms with Gasteiger partial charge in [-0.15, -0.1) is 0 Å². The standard InChI is InChI=1S/C20H36N2O5Si/c1-12(2)17-18(24)22-14(19(25)26-7)10-16(15(22)11-21(17)13(3)23)27-28(8,9)20(4,5)6/h12,14-17H,10-11H2,1-9H3/t14-,15+,16+,17+/m0/s1. The number of piperazine rings is 1. The van der Waals surface area contributed by atoms with Crippen LogP contribution in [0.4, 0.5) is 0 Å². The highest BCUT2D eigenvalue weighted by Crippen LogP contribution is 2.42. The van der Waals surface area contributed by atoms with Crippen LogP contribution in [0, 0.1) is 5.92 Å². The quantitative estimate of drug-likeness (QED) is 0.523. The van der Waals surface area contributed by atoms with E-state index in [0.29, 0.717) is 13.0 Å². The van der Waals surface area contributed by atoms with Crippen LogP contribution in [0.1, 0.15) is 48.0 Å². The lowest BCUT2D eigenvalue weighted by Crippen LogP contribution is -2.66. The molecular weight excluding hydrogens is 376 g/mol. The van der Waals surface area contributed by atoms with Crippen molar-refractivity contribution in [2.45, 2.75) is 90.3 Å². The Hall–Kier alpha value is -1.41. The number of fused-ring (bicyclic) bond motifs is 1. The van der Waals surface area contributed by atoms with Crippen molar-refractivity contribution in [3.8, 4) is 0 Å². The Bertz CT molecular complexity index is 643. The van der Waals surface area contributed by atoms with Crippen LogP contribution in [0.3, 0.4) is 0 Å². The minimum atomic E-state index is -2.12. The molecule has 4 atom stereocenters. The van der Waals surface area contributed by atoms with Crippen LogP contribution in [0.15, 0.2) is 0 Å². The van der Waals surface area contributed by atoms with Gasteiger partial charge in [-0.1, -0.05) is 34.6 Å². The zero-order valence-corrected chi connectivity index (χ0v) is 19.7. The molecule has 28 heavy (non-hydrogen) atoms. The molecule has 0 N–H and O–H groups in total. The fourth-order valence-corrected chi connectivity index (χ4v) is 5.39. The van der Waals surface area contributed by atoms with Crippen LogP contribution in [0.2, 0.25) is 18.1 Å². The van der Waals surface area contributed by atoms with E-state index in [1.165, 1.54) is 14.0 Å². The van der Waals surface area contributed by atoms with E-state index in [9.17, 15) is 14.4 Å². The molecule has 0 aromatic rings. The molecule has 7 nitrogen and oxygen atoms in total. The van der Waals surface area contributed by atoms with Crippen molar-refractivity contribution in [3.05, 3.63) is 0 Å². The van der Waals surface area contributed by atoms with Crippen molar-refractivity contribution in [3.63, 3.8) is 0 Å². The lowest BCUT2D eigenvalue weighted by atomic mass is 9.95. The second kappa shape index (κ2) is 7.78. The van der Waals surface area contributed by atoms with Gasteiger partial charge in [0.25, 0.3) is 0 Å². The summed E-state index contributed by atoms with van der Waals surface area (Å²) in [6.07, 6.45) is 0.121. The molecule has 0 spiro atoms. The number of esters is 1. The molecule has 2 rings (SSSR count). The maximum absolute atomic E-state index is 13.4. The van der Waals surface area contributed by atoms with Crippen molar-refractivity contribution >= 4 is 26.1 Å². The number of ether oxygens (including phenoxy) is 1. The number of carbonyl (C=O) groups is 3. The first kappa shape index (κ1) is 22.9. The lowest BCUT2D eigenvalue weighted by molar-refractivity contribution is -0.163. The van der Waals surface area contributed by atoms with E-state index in [1.54, 1.807) is 9.80 Å². The average Bonchev–Trinajstić information content (AvgIpc) is 2.90. The predicted octanol–water partition coefficient (Wildman–Crippen LogP) is 2.41. The fourth-order valence-electron chi connectivity index (χ4n) is 4.02. The molecule has 160 valence electrons. The third-order valence-corrected chi connectivity index (χ3v) is 11.1. The van der Waals surface area contributed by atoms with E-state index in [-0.39, 0.29) is 34.9 Å². The fraction of sp³-hybridized carbons (Fsp3) is 0.850. The third kappa shape index (κ3) is 3.99. The molecule has 0 aromatic carbocycles. The van der Waals surface area contributed by atoms with E-state index in [0.717, 1.165) is 0 Å². The summed E-state index contributed by atoms with van der Waals surface area (Å²) in [5.74, 6) is -0.771. The van der Waals surface area contributed by atoms with Crippen molar-refractivity contribution in [1.29, 1.82) is 0 Å². The Morgan fingerprint density at radius 2 is 1.79 bits per heavy atom. The van der Waals surface area contributed by atoms with Crippen LogP contribution >= 0.6 is 0 Å². The van der Waals surface area contributed by atoms with Gasteiger partial charge in [0.15, 0.2) is 8.32 Å². The highest BCUT2D eigenvalue weighted by Gasteiger charge is 2.56. The molecule has 0 aromatic heterocycles. The summed E-state index contributed by atoms with van der Waals surface area (Å²) in [5.41, 5.74) is 0. The Kier molecular flexibility index (Phi) is 6.36. The molecular formula is C20H36N2O5Si. The van der Waals surface area contributed by atoms with Gasteiger partial charge in [0.05, 0.1) is 19.3 Å². The van der Waals surface area contributed by atoms with E-state index >= 15 is 0 Å². The van der Waals surface area contributed by atoms with E-state index in [4.69, 9.17) is 9.16 Å². The molecule has 2 heterocycles. The minimum absolute atomic E-state index is 0.000584. The van der Waals surface area contributed by atoms with Gasteiger partial charge < -0.3 is 19.0 Å². The zero-order valence-electron chi connectivity index (χ0n) is 18.7. The molecule has 2 aliphatic heterocycles. The first-order chi connectivity index (χ1) is 12.7.